The van der Waals surface area contributed by atoms with Gasteiger partial charge >= 0.3 is 5.97 Å². The summed E-state index contributed by atoms with van der Waals surface area (Å²) >= 11 is 0. The molecule has 0 aromatic heterocycles. The fourth-order valence-corrected chi connectivity index (χ4v) is 1.25. The number of nitro benzene ring substituents is 1. The Kier molecular flexibility index (Phi) is 4.61. The van der Waals surface area contributed by atoms with E-state index in [1.807, 2.05) is 0 Å². The Balaban J connectivity index is 2.93. The summed E-state index contributed by atoms with van der Waals surface area (Å²) in [6, 6.07) is 3.44. The van der Waals surface area contributed by atoms with Gasteiger partial charge in [0, 0.05) is 12.1 Å². The van der Waals surface area contributed by atoms with Crippen LogP contribution in [0.3, 0.4) is 0 Å². The molecule has 0 radical (unpaired) electrons. The van der Waals surface area contributed by atoms with Crippen molar-refractivity contribution in [3.63, 3.8) is 0 Å². The van der Waals surface area contributed by atoms with Crippen LogP contribution in [0.15, 0.2) is 18.2 Å². The van der Waals surface area contributed by atoms with Gasteiger partial charge in [0.15, 0.2) is 0 Å². The van der Waals surface area contributed by atoms with E-state index < -0.39 is 28.2 Å². The van der Waals surface area contributed by atoms with Crippen LogP contribution in [0.25, 0.3) is 0 Å². The number of carboxylic acids is 1. The van der Waals surface area contributed by atoms with Gasteiger partial charge in [0.05, 0.1) is 11.0 Å². The lowest BCUT2D eigenvalue weighted by atomic mass is 10.1. The summed E-state index contributed by atoms with van der Waals surface area (Å²) in [7, 11) is 0. The maximum absolute atomic E-state index is 10.9. The van der Waals surface area contributed by atoms with Crippen molar-refractivity contribution in [3.8, 4) is 5.75 Å². The molecule has 0 saturated heterocycles. The molecule has 98 valence electrons. The first-order chi connectivity index (χ1) is 8.45. The average Bonchev–Trinajstić information content (AvgIpc) is 2.35. The molecule has 0 aliphatic carbocycles. The monoisotopic (exact) mass is 255 g/mol. The van der Waals surface area contributed by atoms with Gasteiger partial charge in [0.2, 0.25) is 0 Å². The summed E-state index contributed by atoms with van der Waals surface area (Å²) in [5.41, 5.74) is -0.936. The highest BCUT2D eigenvalue weighted by molar-refractivity contribution is 5.92. The molecule has 1 atom stereocenters. The Morgan fingerprint density at radius 1 is 1.56 bits per heavy atom. The van der Waals surface area contributed by atoms with Gasteiger partial charge < -0.3 is 14.9 Å². The van der Waals surface area contributed by atoms with Crippen molar-refractivity contribution in [2.75, 3.05) is 6.61 Å². The maximum atomic E-state index is 10.9. The van der Waals surface area contributed by atoms with E-state index in [1.165, 1.54) is 6.07 Å². The number of benzene rings is 1. The van der Waals surface area contributed by atoms with Gasteiger partial charge in [-0.2, -0.15) is 0 Å². The summed E-state index contributed by atoms with van der Waals surface area (Å²) < 4.78 is 5.15. The first-order valence-electron chi connectivity index (χ1n) is 5.28. The number of carbonyl (C=O) groups is 1. The van der Waals surface area contributed by atoms with E-state index in [0.29, 0.717) is 6.42 Å². The van der Waals surface area contributed by atoms with Gasteiger partial charge in [-0.25, -0.2) is 4.79 Å². The Labute approximate surface area is 103 Å². The Bertz CT molecular complexity index is 459. The van der Waals surface area contributed by atoms with E-state index in [9.17, 15) is 20.0 Å². The molecule has 1 unspecified atom stereocenters. The van der Waals surface area contributed by atoms with Gasteiger partial charge in [-0.3, -0.25) is 10.1 Å². The number of hydrogen-bond donors (Lipinski definition) is 2. The molecule has 0 aliphatic rings. The molecule has 0 amide bonds. The largest absolute Gasteiger partial charge is 0.491 e. The maximum Gasteiger partial charge on any atom is 0.342 e. The molecule has 0 saturated carbocycles. The van der Waals surface area contributed by atoms with Crippen LogP contribution in [-0.4, -0.2) is 33.8 Å². The highest BCUT2D eigenvalue weighted by Crippen LogP contribution is 2.24. The number of aliphatic hydroxyl groups is 1. The van der Waals surface area contributed by atoms with Crippen molar-refractivity contribution in [1.29, 1.82) is 0 Å². The summed E-state index contributed by atoms with van der Waals surface area (Å²) in [6.45, 7) is 1.78. The zero-order valence-corrected chi connectivity index (χ0v) is 9.70. The van der Waals surface area contributed by atoms with E-state index in [4.69, 9.17) is 9.84 Å². The molecule has 1 rings (SSSR count). The van der Waals surface area contributed by atoms with Gasteiger partial charge in [-0.15, -0.1) is 0 Å². The minimum absolute atomic E-state index is 0.00731. The predicted molar refractivity (Wildman–Crippen MR) is 61.8 cm³/mol. The van der Waals surface area contributed by atoms with Gasteiger partial charge in [0.1, 0.15) is 17.9 Å². The third kappa shape index (κ3) is 3.42. The number of nitrogens with zero attached hydrogens (tertiary/aromatic N) is 1. The van der Waals surface area contributed by atoms with Gasteiger partial charge in [-0.05, 0) is 12.5 Å². The van der Waals surface area contributed by atoms with E-state index in [0.717, 1.165) is 12.1 Å². The number of nitro groups is 1. The van der Waals surface area contributed by atoms with Crippen molar-refractivity contribution < 1.29 is 24.7 Å². The van der Waals surface area contributed by atoms with Crippen LogP contribution >= 0.6 is 0 Å². The predicted octanol–water partition coefficient (Wildman–Crippen LogP) is 1.44. The first-order valence-corrected chi connectivity index (χ1v) is 5.28. The highest BCUT2D eigenvalue weighted by atomic mass is 16.6. The average molecular weight is 255 g/mol. The normalized spacial score (nSPS) is 11.9. The molecular formula is C11H13NO6. The minimum atomic E-state index is -1.40. The van der Waals surface area contributed by atoms with Crippen LogP contribution in [0.2, 0.25) is 0 Å². The fraction of sp³-hybridized carbons (Fsp3) is 0.364. The van der Waals surface area contributed by atoms with Crippen LogP contribution in [0.1, 0.15) is 23.7 Å². The van der Waals surface area contributed by atoms with E-state index in [1.54, 1.807) is 6.92 Å². The van der Waals surface area contributed by atoms with E-state index in [2.05, 4.69) is 0 Å². The standard InChI is InChI=1S/C11H13NO6/c1-2-7(13)6-18-8-3-4-10(12(16)17)9(5-8)11(14)15/h3-5,7,13H,2,6H2,1H3,(H,14,15). The fourth-order valence-electron chi connectivity index (χ4n) is 1.25. The van der Waals surface area contributed by atoms with Crippen molar-refractivity contribution in [1.82, 2.24) is 0 Å². The number of hydrogen-bond acceptors (Lipinski definition) is 5. The minimum Gasteiger partial charge on any atom is -0.491 e. The third-order valence-electron chi connectivity index (χ3n) is 2.31. The molecule has 7 nitrogen and oxygen atoms in total. The summed E-state index contributed by atoms with van der Waals surface area (Å²) in [4.78, 5) is 20.7. The van der Waals surface area contributed by atoms with Crippen LogP contribution in [0, 0.1) is 10.1 Å². The Hall–Kier alpha value is -2.15. The Morgan fingerprint density at radius 3 is 2.72 bits per heavy atom. The van der Waals surface area contributed by atoms with Crippen molar-refractivity contribution in [3.05, 3.63) is 33.9 Å². The molecule has 0 heterocycles. The Morgan fingerprint density at radius 2 is 2.22 bits per heavy atom. The van der Waals surface area contributed by atoms with Crippen LogP contribution in [-0.2, 0) is 0 Å². The third-order valence-corrected chi connectivity index (χ3v) is 2.31. The SMILES string of the molecule is CCC(O)COc1ccc([N+](=O)[O-])c(C(=O)O)c1. The second-order valence-corrected chi connectivity index (χ2v) is 3.61. The van der Waals surface area contributed by atoms with Crippen LogP contribution in [0.4, 0.5) is 5.69 Å². The number of ether oxygens (including phenoxy) is 1. The number of rotatable bonds is 6. The van der Waals surface area contributed by atoms with Crippen LogP contribution < -0.4 is 4.74 Å². The van der Waals surface area contributed by atoms with Gasteiger partial charge in [0.25, 0.3) is 5.69 Å². The lowest BCUT2D eigenvalue weighted by molar-refractivity contribution is -0.385. The molecule has 0 fully saturated rings. The molecule has 1 aromatic carbocycles. The number of aliphatic hydroxyl groups excluding tert-OH is 1. The molecular weight excluding hydrogens is 242 g/mol. The van der Waals surface area contributed by atoms with E-state index >= 15 is 0 Å². The molecule has 2 N–H and O–H groups in total. The molecule has 0 spiro atoms. The smallest absolute Gasteiger partial charge is 0.342 e. The number of carboxylic acid groups (broad SMARTS) is 1. The van der Waals surface area contributed by atoms with Crippen molar-refractivity contribution in [2.24, 2.45) is 0 Å². The summed E-state index contributed by atoms with van der Waals surface area (Å²) in [5, 5.41) is 28.8. The lowest BCUT2D eigenvalue weighted by Crippen LogP contribution is -2.16. The summed E-state index contributed by atoms with van der Waals surface area (Å²) in [5.74, 6) is -1.23. The van der Waals surface area contributed by atoms with Crippen molar-refractivity contribution in [2.45, 2.75) is 19.4 Å². The molecule has 0 bridgehead atoms. The lowest BCUT2D eigenvalue weighted by Gasteiger charge is -2.10. The van der Waals surface area contributed by atoms with E-state index in [-0.39, 0.29) is 12.4 Å². The van der Waals surface area contributed by atoms with Gasteiger partial charge in [-0.1, -0.05) is 6.92 Å². The molecule has 1 aromatic rings. The molecule has 7 heteroatoms. The zero-order valence-electron chi connectivity index (χ0n) is 9.70. The quantitative estimate of drug-likeness (QED) is 0.588. The van der Waals surface area contributed by atoms with Crippen LogP contribution in [0.5, 0.6) is 5.75 Å². The second-order valence-electron chi connectivity index (χ2n) is 3.61. The summed E-state index contributed by atoms with van der Waals surface area (Å²) in [6.07, 6.45) is -0.160. The molecule has 0 aliphatic heterocycles. The topological polar surface area (TPSA) is 110 Å². The number of aromatic carboxylic acids is 1. The first kappa shape index (κ1) is 13.9. The second kappa shape index (κ2) is 5.97. The molecule has 18 heavy (non-hydrogen) atoms. The van der Waals surface area contributed by atoms with Crippen molar-refractivity contribution >= 4 is 11.7 Å². The highest BCUT2D eigenvalue weighted by Gasteiger charge is 2.20. The zero-order chi connectivity index (χ0) is 13.7.